The minimum atomic E-state index is -0.0297. The van der Waals surface area contributed by atoms with Crippen LogP contribution in [0.2, 0.25) is 0 Å². The fourth-order valence-electron chi connectivity index (χ4n) is 3.15. The van der Waals surface area contributed by atoms with Crippen LogP contribution in [0, 0.1) is 0 Å². The average Bonchev–Trinajstić information content (AvgIpc) is 3.40. The van der Waals surface area contributed by atoms with E-state index in [2.05, 4.69) is 40.0 Å². The van der Waals surface area contributed by atoms with Gasteiger partial charge >= 0.3 is 0 Å². The Morgan fingerprint density at radius 3 is 2.70 bits per heavy atom. The van der Waals surface area contributed by atoms with Crippen LogP contribution in [0.25, 0.3) is 10.2 Å². The zero-order valence-electron chi connectivity index (χ0n) is 16.5. The number of benzene rings is 2. The summed E-state index contributed by atoms with van der Waals surface area (Å²) < 4.78 is 4.09. The van der Waals surface area contributed by atoms with Gasteiger partial charge in [0.2, 0.25) is 0 Å². The fourth-order valence-corrected chi connectivity index (χ4v) is 4.47. The minimum absolute atomic E-state index is 0. The van der Waals surface area contributed by atoms with Crippen LogP contribution < -0.4 is 4.90 Å². The third-order valence-electron chi connectivity index (χ3n) is 4.77. The van der Waals surface area contributed by atoms with Crippen LogP contribution in [0.4, 0.5) is 5.13 Å². The number of thiazole rings is 1. The summed E-state index contributed by atoms with van der Waals surface area (Å²) in [7, 11) is 0. The molecule has 2 aromatic heterocycles. The van der Waals surface area contributed by atoms with Gasteiger partial charge in [-0.1, -0.05) is 40.3 Å². The Labute approximate surface area is 194 Å². The highest BCUT2D eigenvalue weighted by Crippen LogP contribution is 2.31. The minimum Gasteiger partial charge on any atom is -0.337 e. The highest BCUT2D eigenvalue weighted by molar-refractivity contribution is 9.10. The maximum Gasteiger partial charge on any atom is 0.260 e. The number of imidazole rings is 1. The van der Waals surface area contributed by atoms with Gasteiger partial charge in [-0.3, -0.25) is 9.69 Å². The van der Waals surface area contributed by atoms with Gasteiger partial charge in [-0.25, -0.2) is 9.97 Å². The molecule has 0 atom stereocenters. The van der Waals surface area contributed by atoms with E-state index in [0.29, 0.717) is 12.1 Å². The van der Waals surface area contributed by atoms with Crippen LogP contribution >= 0.6 is 39.7 Å². The first-order valence-corrected chi connectivity index (χ1v) is 11.2. The maximum absolute atomic E-state index is 13.3. The molecule has 0 spiro atoms. The second-order valence-electron chi connectivity index (χ2n) is 6.77. The van der Waals surface area contributed by atoms with Crippen molar-refractivity contribution in [3.05, 3.63) is 76.8 Å². The Morgan fingerprint density at radius 2 is 2.00 bits per heavy atom. The number of carbonyl (C=O) groups is 1. The van der Waals surface area contributed by atoms with Gasteiger partial charge in [0, 0.05) is 35.5 Å². The first-order valence-electron chi connectivity index (χ1n) is 9.56. The van der Waals surface area contributed by atoms with Crippen LogP contribution in [0.15, 0.2) is 65.7 Å². The van der Waals surface area contributed by atoms with E-state index in [0.717, 1.165) is 39.2 Å². The van der Waals surface area contributed by atoms with Crippen molar-refractivity contribution in [2.75, 3.05) is 11.4 Å². The summed E-state index contributed by atoms with van der Waals surface area (Å²) >= 11 is 5.01. The molecule has 0 aliphatic rings. The molecule has 0 aliphatic heterocycles. The van der Waals surface area contributed by atoms with E-state index in [1.54, 1.807) is 28.8 Å². The molecular formula is C22H22BrClN4OS. The lowest BCUT2D eigenvalue weighted by Crippen LogP contribution is -2.32. The van der Waals surface area contributed by atoms with E-state index in [1.165, 1.54) is 5.56 Å². The summed E-state index contributed by atoms with van der Waals surface area (Å²) in [6, 6.07) is 13.8. The van der Waals surface area contributed by atoms with Gasteiger partial charge in [0.05, 0.1) is 16.5 Å². The number of carbonyl (C=O) groups excluding carboxylic acids is 1. The van der Waals surface area contributed by atoms with Crippen LogP contribution in [-0.2, 0) is 13.0 Å². The summed E-state index contributed by atoms with van der Waals surface area (Å²) in [5.41, 5.74) is 2.87. The van der Waals surface area contributed by atoms with E-state index in [9.17, 15) is 4.79 Å². The quantitative estimate of drug-likeness (QED) is 0.311. The molecular weight excluding hydrogens is 484 g/mol. The van der Waals surface area contributed by atoms with Crippen molar-refractivity contribution < 1.29 is 4.79 Å². The molecule has 0 fully saturated rings. The molecule has 2 heterocycles. The Kier molecular flexibility index (Phi) is 7.64. The van der Waals surface area contributed by atoms with Crippen LogP contribution in [0.1, 0.15) is 29.3 Å². The molecule has 0 saturated heterocycles. The number of amides is 1. The zero-order valence-corrected chi connectivity index (χ0v) is 19.7. The van der Waals surface area contributed by atoms with Gasteiger partial charge in [-0.05, 0) is 54.8 Å². The maximum atomic E-state index is 13.3. The van der Waals surface area contributed by atoms with Crippen LogP contribution in [-0.4, -0.2) is 27.0 Å². The summed E-state index contributed by atoms with van der Waals surface area (Å²) in [4.78, 5) is 24.0. The van der Waals surface area contributed by atoms with E-state index < -0.39 is 0 Å². The molecule has 1 amide bonds. The zero-order chi connectivity index (χ0) is 20.2. The number of nitrogens with zero attached hydrogens (tertiary/aromatic N) is 4. The van der Waals surface area contributed by atoms with Crippen molar-refractivity contribution in [2.24, 2.45) is 0 Å². The summed E-state index contributed by atoms with van der Waals surface area (Å²) in [6.45, 7) is 3.53. The number of hydrogen-bond acceptors (Lipinski definition) is 4. The molecule has 156 valence electrons. The number of rotatable bonds is 7. The third-order valence-corrected chi connectivity index (χ3v) is 6.34. The molecule has 4 aromatic rings. The molecule has 4 rings (SSSR count). The smallest absolute Gasteiger partial charge is 0.260 e. The molecule has 2 aromatic carbocycles. The number of fused-ring (bicyclic) bond motifs is 1. The number of aromatic nitrogens is 3. The number of anilines is 1. The van der Waals surface area contributed by atoms with Crippen molar-refractivity contribution in [3.8, 4) is 0 Å². The van der Waals surface area contributed by atoms with Crippen molar-refractivity contribution in [3.63, 3.8) is 0 Å². The van der Waals surface area contributed by atoms with Gasteiger partial charge in [-0.2, -0.15) is 0 Å². The molecule has 5 nitrogen and oxygen atoms in total. The lowest BCUT2D eigenvalue weighted by Gasteiger charge is -2.20. The Hall–Kier alpha value is -2.22. The molecule has 8 heteroatoms. The highest BCUT2D eigenvalue weighted by atomic mass is 79.9. The summed E-state index contributed by atoms with van der Waals surface area (Å²) in [5.74, 6) is -0.0297. The van der Waals surface area contributed by atoms with Gasteiger partial charge in [-0.15, -0.1) is 12.4 Å². The monoisotopic (exact) mass is 504 g/mol. The topological polar surface area (TPSA) is 51.0 Å². The van der Waals surface area contributed by atoms with Crippen LogP contribution in [0.5, 0.6) is 0 Å². The van der Waals surface area contributed by atoms with Crippen molar-refractivity contribution in [1.29, 1.82) is 0 Å². The van der Waals surface area contributed by atoms with Crippen molar-refractivity contribution in [1.82, 2.24) is 14.5 Å². The average molecular weight is 506 g/mol. The Balaban J connectivity index is 0.00000256. The summed E-state index contributed by atoms with van der Waals surface area (Å²) in [6.07, 6.45) is 7.30. The summed E-state index contributed by atoms with van der Waals surface area (Å²) in [5, 5.41) is 0.742. The standard InChI is InChI=1S/C22H21BrN4OS.ClH/c1-2-16-4-9-19-20(14-16)29-22(25-19)27(12-3-11-26-13-10-24-15-26)21(28)17-5-7-18(23)8-6-17;/h4-10,13-15H,2-3,11-12H2,1H3;1H. The van der Waals surface area contributed by atoms with E-state index in [-0.39, 0.29) is 18.3 Å². The fraction of sp³-hybridized carbons (Fsp3) is 0.227. The van der Waals surface area contributed by atoms with Crippen molar-refractivity contribution in [2.45, 2.75) is 26.3 Å². The van der Waals surface area contributed by atoms with Crippen LogP contribution in [0.3, 0.4) is 0 Å². The first kappa shape index (κ1) is 22.5. The molecule has 0 N–H and O–H groups in total. The molecule has 30 heavy (non-hydrogen) atoms. The van der Waals surface area contributed by atoms with E-state index in [1.807, 2.05) is 41.1 Å². The second-order valence-corrected chi connectivity index (χ2v) is 8.69. The molecule has 0 aliphatic carbocycles. The second kappa shape index (κ2) is 10.2. The molecule has 0 saturated carbocycles. The predicted octanol–water partition coefficient (Wildman–Crippen LogP) is 5.98. The molecule has 0 bridgehead atoms. The Morgan fingerprint density at radius 1 is 1.20 bits per heavy atom. The highest BCUT2D eigenvalue weighted by Gasteiger charge is 2.21. The normalized spacial score (nSPS) is 10.7. The lowest BCUT2D eigenvalue weighted by atomic mass is 10.2. The Bertz CT molecular complexity index is 1110. The molecule has 0 radical (unpaired) electrons. The van der Waals surface area contributed by atoms with Crippen molar-refractivity contribution >= 4 is 60.9 Å². The number of halogens is 2. The van der Waals surface area contributed by atoms with E-state index >= 15 is 0 Å². The first-order chi connectivity index (χ1) is 14.1. The molecule has 0 unspecified atom stereocenters. The largest absolute Gasteiger partial charge is 0.337 e. The number of aryl methyl sites for hydroxylation is 2. The lowest BCUT2D eigenvalue weighted by molar-refractivity contribution is 0.0986. The SMILES string of the molecule is CCc1ccc2nc(N(CCCn3ccnc3)C(=O)c3ccc(Br)cc3)sc2c1.Cl. The van der Waals surface area contributed by atoms with Gasteiger partial charge < -0.3 is 4.57 Å². The predicted molar refractivity (Wildman–Crippen MR) is 129 cm³/mol. The van der Waals surface area contributed by atoms with Gasteiger partial charge in [0.15, 0.2) is 5.13 Å². The van der Waals surface area contributed by atoms with Gasteiger partial charge in [0.25, 0.3) is 5.91 Å². The van der Waals surface area contributed by atoms with Gasteiger partial charge in [0.1, 0.15) is 0 Å². The number of hydrogen-bond donors (Lipinski definition) is 0. The van der Waals surface area contributed by atoms with E-state index in [4.69, 9.17) is 4.98 Å². The third kappa shape index (κ3) is 5.09.